The van der Waals surface area contributed by atoms with Gasteiger partial charge in [0.05, 0.1) is 13.2 Å². The maximum absolute atomic E-state index is 11.9. The lowest BCUT2D eigenvalue weighted by Gasteiger charge is -2.15. The van der Waals surface area contributed by atoms with Gasteiger partial charge in [-0.25, -0.2) is 0 Å². The first-order valence-corrected chi connectivity index (χ1v) is 7.05. The number of methoxy groups -OCH3 is 1. The Bertz CT molecular complexity index is 654. The molecule has 122 valence electrons. The van der Waals surface area contributed by atoms with Crippen molar-refractivity contribution in [2.45, 2.75) is 26.8 Å². The molecule has 0 spiro atoms. The Morgan fingerprint density at radius 1 is 1.41 bits per heavy atom. The van der Waals surface area contributed by atoms with E-state index in [0.717, 1.165) is 28.0 Å². The molecule has 1 heterocycles. The largest absolute Gasteiger partial charge is 0.497 e. The summed E-state index contributed by atoms with van der Waals surface area (Å²) in [6, 6.07) is 5.47. The zero-order valence-corrected chi connectivity index (χ0v) is 14.1. The molecule has 0 saturated carbocycles. The molecule has 0 bridgehead atoms. The fraction of sp³-hybridized carbons (Fsp3) is 0.438. The maximum atomic E-state index is 11.9. The SMILES string of the molecule is COc1ccc2oc(C(C)NC(=O)C(C)CN)c(C)c2c1.Cl. The zero-order valence-electron chi connectivity index (χ0n) is 13.3. The highest BCUT2D eigenvalue weighted by atomic mass is 35.5. The quantitative estimate of drug-likeness (QED) is 0.885. The molecule has 2 unspecified atom stereocenters. The Morgan fingerprint density at radius 3 is 2.68 bits per heavy atom. The molecule has 1 aromatic carbocycles. The summed E-state index contributed by atoms with van der Waals surface area (Å²) in [7, 11) is 1.63. The fourth-order valence-electron chi connectivity index (χ4n) is 2.29. The second kappa shape index (κ2) is 7.51. The molecule has 22 heavy (non-hydrogen) atoms. The number of nitrogens with one attached hydrogen (secondary N) is 1. The van der Waals surface area contributed by atoms with Gasteiger partial charge in [0.15, 0.2) is 0 Å². The van der Waals surface area contributed by atoms with Crippen LogP contribution in [0.5, 0.6) is 5.75 Å². The van der Waals surface area contributed by atoms with Crippen LogP contribution in [0.3, 0.4) is 0 Å². The summed E-state index contributed by atoms with van der Waals surface area (Å²) in [5.41, 5.74) is 7.31. The summed E-state index contributed by atoms with van der Waals surface area (Å²) in [4.78, 5) is 11.9. The van der Waals surface area contributed by atoms with Crippen molar-refractivity contribution in [1.82, 2.24) is 5.32 Å². The van der Waals surface area contributed by atoms with Crippen LogP contribution in [0.15, 0.2) is 22.6 Å². The van der Waals surface area contributed by atoms with Crippen molar-refractivity contribution in [3.63, 3.8) is 0 Å². The maximum Gasteiger partial charge on any atom is 0.224 e. The van der Waals surface area contributed by atoms with Gasteiger partial charge >= 0.3 is 0 Å². The molecular weight excluding hydrogens is 304 g/mol. The minimum atomic E-state index is -0.211. The summed E-state index contributed by atoms with van der Waals surface area (Å²) >= 11 is 0. The minimum absolute atomic E-state index is 0. The van der Waals surface area contributed by atoms with Gasteiger partial charge in [0.1, 0.15) is 17.1 Å². The van der Waals surface area contributed by atoms with Gasteiger partial charge in [-0.1, -0.05) is 6.92 Å². The highest BCUT2D eigenvalue weighted by Crippen LogP contribution is 2.31. The molecule has 2 aromatic rings. The first-order valence-electron chi connectivity index (χ1n) is 7.05. The third-order valence-electron chi connectivity index (χ3n) is 3.73. The second-order valence-electron chi connectivity index (χ2n) is 5.32. The lowest BCUT2D eigenvalue weighted by Crippen LogP contribution is -2.34. The van der Waals surface area contributed by atoms with Crippen molar-refractivity contribution in [3.05, 3.63) is 29.5 Å². The molecular formula is C16H23ClN2O3. The number of carbonyl (C=O) groups is 1. The summed E-state index contributed by atoms with van der Waals surface area (Å²) in [6.07, 6.45) is 0. The van der Waals surface area contributed by atoms with Crippen LogP contribution >= 0.6 is 12.4 Å². The number of furan rings is 1. The normalized spacial score (nSPS) is 13.3. The van der Waals surface area contributed by atoms with Crippen molar-refractivity contribution >= 4 is 29.3 Å². The van der Waals surface area contributed by atoms with Crippen LogP contribution in [0.25, 0.3) is 11.0 Å². The molecule has 2 atom stereocenters. The standard InChI is InChI=1S/C16H22N2O3.ClH/c1-9(8-17)16(19)18-11(3)15-10(2)13-7-12(20-4)5-6-14(13)21-15;/h5-7,9,11H,8,17H2,1-4H3,(H,18,19);1H. The van der Waals surface area contributed by atoms with Crippen molar-refractivity contribution in [2.75, 3.05) is 13.7 Å². The van der Waals surface area contributed by atoms with Crippen LogP contribution in [-0.4, -0.2) is 19.6 Å². The molecule has 0 fully saturated rings. The number of hydrogen-bond donors (Lipinski definition) is 2. The van der Waals surface area contributed by atoms with Gasteiger partial charge in [-0.2, -0.15) is 0 Å². The van der Waals surface area contributed by atoms with Gasteiger partial charge in [0.2, 0.25) is 5.91 Å². The summed E-state index contributed by atoms with van der Waals surface area (Å²) in [5, 5.41) is 3.93. The summed E-state index contributed by atoms with van der Waals surface area (Å²) in [6.45, 7) is 6.02. The number of rotatable bonds is 5. The number of ether oxygens (including phenoxy) is 1. The summed E-state index contributed by atoms with van der Waals surface area (Å²) < 4.78 is 11.1. The Hall–Kier alpha value is -1.72. The van der Waals surface area contributed by atoms with E-state index in [1.807, 2.05) is 32.0 Å². The number of carbonyl (C=O) groups excluding carboxylic acids is 1. The van der Waals surface area contributed by atoms with Gasteiger partial charge in [-0.15, -0.1) is 12.4 Å². The second-order valence-corrected chi connectivity index (χ2v) is 5.32. The van der Waals surface area contributed by atoms with E-state index >= 15 is 0 Å². The molecule has 0 aliphatic heterocycles. The van der Waals surface area contributed by atoms with Gasteiger partial charge < -0.3 is 20.2 Å². The van der Waals surface area contributed by atoms with Gasteiger partial charge in [0.25, 0.3) is 0 Å². The molecule has 0 aliphatic rings. The lowest BCUT2D eigenvalue weighted by atomic mass is 10.1. The molecule has 0 aliphatic carbocycles. The smallest absolute Gasteiger partial charge is 0.224 e. The monoisotopic (exact) mass is 326 g/mol. The first-order chi connectivity index (χ1) is 9.97. The highest BCUT2D eigenvalue weighted by molar-refractivity contribution is 5.85. The number of aryl methyl sites for hydroxylation is 1. The lowest BCUT2D eigenvalue weighted by molar-refractivity contribution is -0.124. The Morgan fingerprint density at radius 2 is 2.09 bits per heavy atom. The third-order valence-corrected chi connectivity index (χ3v) is 3.73. The molecule has 0 saturated heterocycles. The Balaban J connectivity index is 0.00000242. The molecule has 0 radical (unpaired) electrons. The fourth-order valence-corrected chi connectivity index (χ4v) is 2.29. The molecule has 6 heteroatoms. The molecule has 2 rings (SSSR count). The molecule has 3 N–H and O–H groups in total. The third kappa shape index (κ3) is 3.54. The van der Waals surface area contributed by atoms with E-state index in [0.29, 0.717) is 6.54 Å². The molecule has 1 aromatic heterocycles. The van der Waals surface area contributed by atoms with E-state index in [-0.39, 0.29) is 30.3 Å². The van der Waals surface area contributed by atoms with E-state index < -0.39 is 0 Å². The average molecular weight is 327 g/mol. The van der Waals surface area contributed by atoms with Crippen LogP contribution in [0, 0.1) is 12.8 Å². The predicted molar refractivity (Wildman–Crippen MR) is 89.5 cm³/mol. The average Bonchev–Trinajstić information content (AvgIpc) is 2.82. The Labute approximate surface area is 136 Å². The van der Waals surface area contributed by atoms with E-state index in [4.69, 9.17) is 14.9 Å². The van der Waals surface area contributed by atoms with Gasteiger partial charge in [-0.05, 0) is 32.0 Å². The van der Waals surface area contributed by atoms with Crippen LogP contribution in [0.4, 0.5) is 0 Å². The van der Waals surface area contributed by atoms with Crippen LogP contribution in [0.2, 0.25) is 0 Å². The molecule has 1 amide bonds. The van der Waals surface area contributed by atoms with Crippen LogP contribution in [0.1, 0.15) is 31.2 Å². The summed E-state index contributed by atoms with van der Waals surface area (Å²) in [5.74, 6) is 1.27. The number of amides is 1. The topological polar surface area (TPSA) is 77.5 Å². The number of halogens is 1. The van der Waals surface area contributed by atoms with Crippen LogP contribution in [-0.2, 0) is 4.79 Å². The van der Waals surface area contributed by atoms with Crippen molar-refractivity contribution < 1.29 is 13.9 Å². The van der Waals surface area contributed by atoms with Gasteiger partial charge in [-0.3, -0.25) is 4.79 Å². The highest BCUT2D eigenvalue weighted by Gasteiger charge is 2.20. The van der Waals surface area contributed by atoms with Crippen molar-refractivity contribution in [3.8, 4) is 5.75 Å². The van der Waals surface area contributed by atoms with Crippen molar-refractivity contribution in [1.29, 1.82) is 0 Å². The minimum Gasteiger partial charge on any atom is -0.497 e. The number of nitrogens with two attached hydrogens (primary N) is 1. The Kier molecular flexibility index (Phi) is 6.26. The van der Waals surface area contributed by atoms with E-state index in [9.17, 15) is 4.79 Å². The number of hydrogen-bond acceptors (Lipinski definition) is 4. The van der Waals surface area contributed by atoms with Gasteiger partial charge in [0, 0.05) is 23.4 Å². The van der Waals surface area contributed by atoms with Crippen molar-refractivity contribution in [2.24, 2.45) is 11.7 Å². The van der Waals surface area contributed by atoms with Crippen LogP contribution < -0.4 is 15.8 Å². The number of benzene rings is 1. The van der Waals surface area contributed by atoms with E-state index in [1.165, 1.54) is 0 Å². The first kappa shape index (κ1) is 18.3. The number of fused-ring (bicyclic) bond motifs is 1. The van der Waals surface area contributed by atoms with E-state index in [1.54, 1.807) is 14.0 Å². The predicted octanol–water partition coefficient (Wildman–Crippen LogP) is 2.94. The zero-order chi connectivity index (χ0) is 15.6. The van der Waals surface area contributed by atoms with E-state index in [2.05, 4.69) is 5.32 Å². The molecule has 5 nitrogen and oxygen atoms in total.